The standard InChI is InChI=1S/C20H29N5S/c1-17(14-22-20(21-2)23-15-18-8-13-26-16-18)24-9-11-25(12-10-24)19-6-4-3-5-7-19/h3-8,13,16-17H,9-12,14-15H2,1-2H3,(H2,21,22,23). The Hall–Kier alpha value is -2.05. The molecule has 0 spiro atoms. The van der Waals surface area contributed by atoms with Crippen LogP contribution in [0.25, 0.3) is 0 Å². The number of para-hydroxylation sites is 1. The lowest BCUT2D eigenvalue weighted by atomic mass is 10.2. The average Bonchev–Trinajstić information content (AvgIpc) is 3.22. The zero-order valence-corrected chi connectivity index (χ0v) is 16.5. The number of aliphatic imine (C=N–C) groups is 1. The molecule has 0 aliphatic carbocycles. The second kappa shape index (κ2) is 9.59. The van der Waals surface area contributed by atoms with E-state index in [-0.39, 0.29) is 0 Å². The third kappa shape index (κ3) is 5.22. The molecule has 6 heteroatoms. The number of piperazine rings is 1. The Morgan fingerprint density at radius 3 is 2.54 bits per heavy atom. The molecule has 1 fully saturated rings. The lowest BCUT2D eigenvalue weighted by Gasteiger charge is -2.39. The van der Waals surface area contributed by atoms with Crippen LogP contribution in [0.5, 0.6) is 0 Å². The van der Waals surface area contributed by atoms with Gasteiger partial charge in [0.15, 0.2) is 5.96 Å². The highest BCUT2D eigenvalue weighted by Crippen LogP contribution is 2.16. The number of anilines is 1. The Morgan fingerprint density at radius 1 is 1.12 bits per heavy atom. The summed E-state index contributed by atoms with van der Waals surface area (Å²) < 4.78 is 0. The van der Waals surface area contributed by atoms with E-state index in [1.54, 1.807) is 11.3 Å². The first-order valence-electron chi connectivity index (χ1n) is 9.26. The summed E-state index contributed by atoms with van der Waals surface area (Å²) in [7, 11) is 1.83. The van der Waals surface area contributed by atoms with E-state index in [0.717, 1.165) is 45.2 Å². The van der Waals surface area contributed by atoms with Gasteiger partial charge in [-0.3, -0.25) is 9.89 Å². The van der Waals surface area contributed by atoms with Gasteiger partial charge in [-0.25, -0.2) is 0 Å². The van der Waals surface area contributed by atoms with Crippen LogP contribution in [0.15, 0.2) is 52.2 Å². The predicted molar refractivity (Wildman–Crippen MR) is 112 cm³/mol. The Morgan fingerprint density at radius 2 is 1.88 bits per heavy atom. The van der Waals surface area contributed by atoms with E-state index in [9.17, 15) is 0 Å². The van der Waals surface area contributed by atoms with Gasteiger partial charge in [0.1, 0.15) is 0 Å². The lowest BCUT2D eigenvalue weighted by molar-refractivity contribution is 0.197. The molecule has 3 rings (SSSR count). The van der Waals surface area contributed by atoms with Crippen molar-refractivity contribution in [3.05, 3.63) is 52.7 Å². The number of nitrogens with zero attached hydrogens (tertiary/aromatic N) is 3. The normalized spacial score (nSPS) is 17.2. The van der Waals surface area contributed by atoms with Gasteiger partial charge in [-0.2, -0.15) is 11.3 Å². The fourth-order valence-corrected chi connectivity index (χ4v) is 3.90. The molecule has 0 amide bonds. The van der Waals surface area contributed by atoms with Crippen LogP contribution in [-0.4, -0.2) is 56.7 Å². The van der Waals surface area contributed by atoms with Crippen LogP contribution >= 0.6 is 11.3 Å². The topological polar surface area (TPSA) is 42.9 Å². The minimum atomic E-state index is 0.479. The molecule has 1 atom stereocenters. The van der Waals surface area contributed by atoms with Gasteiger partial charge in [-0.05, 0) is 41.4 Å². The molecule has 0 bridgehead atoms. The van der Waals surface area contributed by atoms with Crippen LogP contribution in [0.4, 0.5) is 5.69 Å². The molecule has 2 aromatic rings. The maximum atomic E-state index is 4.33. The molecule has 26 heavy (non-hydrogen) atoms. The average molecular weight is 372 g/mol. The van der Waals surface area contributed by atoms with Crippen LogP contribution < -0.4 is 15.5 Å². The van der Waals surface area contributed by atoms with Crippen molar-refractivity contribution in [1.82, 2.24) is 15.5 Å². The summed E-state index contributed by atoms with van der Waals surface area (Å²) >= 11 is 1.72. The second-order valence-corrected chi connectivity index (χ2v) is 7.43. The number of nitrogens with one attached hydrogen (secondary N) is 2. The van der Waals surface area contributed by atoms with Crippen molar-refractivity contribution in [2.75, 3.05) is 44.7 Å². The number of guanidine groups is 1. The first-order chi connectivity index (χ1) is 12.8. The molecule has 0 radical (unpaired) electrons. The molecule has 1 aromatic carbocycles. The fourth-order valence-electron chi connectivity index (χ4n) is 3.23. The Labute approximate surface area is 160 Å². The van der Waals surface area contributed by atoms with Crippen molar-refractivity contribution >= 4 is 23.0 Å². The number of rotatable bonds is 6. The smallest absolute Gasteiger partial charge is 0.191 e. The summed E-state index contributed by atoms with van der Waals surface area (Å²) in [5.74, 6) is 0.867. The Bertz CT molecular complexity index is 663. The van der Waals surface area contributed by atoms with Crippen LogP contribution in [0, 0.1) is 0 Å². The van der Waals surface area contributed by atoms with Gasteiger partial charge in [0.2, 0.25) is 0 Å². The molecule has 1 aliphatic rings. The third-order valence-electron chi connectivity index (χ3n) is 4.89. The molecule has 5 nitrogen and oxygen atoms in total. The van der Waals surface area contributed by atoms with Crippen molar-refractivity contribution in [3.63, 3.8) is 0 Å². The zero-order valence-electron chi connectivity index (χ0n) is 15.7. The summed E-state index contributed by atoms with van der Waals surface area (Å²) in [5, 5.41) is 11.1. The highest BCUT2D eigenvalue weighted by Gasteiger charge is 2.21. The van der Waals surface area contributed by atoms with E-state index in [1.165, 1.54) is 11.3 Å². The molecule has 0 saturated carbocycles. The van der Waals surface area contributed by atoms with E-state index in [0.29, 0.717) is 6.04 Å². The molecule has 140 valence electrons. The molecule has 2 N–H and O–H groups in total. The van der Waals surface area contributed by atoms with Crippen molar-refractivity contribution in [2.24, 2.45) is 4.99 Å². The summed E-state index contributed by atoms with van der Waals surface area (Å²) in [5.41, 5.74) is 2.62. The van der Waals surface area contributed by atoms with E-state index in [4.69, 9.17) is 0 Å². The van der Waals surface area contributed by atoms with Crippen LogP contribution in [0.1, 0.15) is 12.5 Å². The summed E-state index contributed by atoms with van der Waals surface area (Å²) in [6.45, 7) is 8.36. The van der Waals surface area contributed by atoms with Crippen LogP contribution in [0.2, 0.25) is 0 Å². The van der Waals surface area contributed by atoms with Gasteiger partial charge >= 0.3 is 0 Å². The highest BCUT2D eigenvalue weighted by atomic mass is 32.1. The number of hydrogen-bond acceptors (Lipinski definition) is 4. The zero-order chi connectivity index (χ0) is 18.2. The second-order valence-electron chi connectivity index (χ2n) is 6.65. The predicted octanol–water partition coefficient (Wildman–Crippen LogP) is 2.62. The Balaban J connectivity index is 1.40. The van der Waals surface area contributed by atoms with Crippen molar-refractivity contribution < 1.29 is 0 Å². The third-order valence-corrected chi connectivity index (χ3v) is 5.62. The minimum absolute atomic E-state index is 0.479. The van der Waals surface area contributed by atoms with Gasteiger partial charge in [-0.15, -0.1) is 0 Å². The van der Waals surface area contributed by atoms with Crippen molar-refractivity contribution in [1.29, 1.82) is 0 Å². The molecular formula is C20H29N5S. The minimum Gasteiger partial charge on any atom is -0.369 e. The SMILES string of the molecule is CN=C(NCc1ccsc1)NCC(C)N1CCN(c2ccccc2)CC1. The van der Waals surface area contributed by atoms with Gasteiger partial charge in [-0.1, -0.05) is 18.2 Å². The number of hydrogen-bond donors (Lipinski definition) is 2. The number of benzene rings is 1. The molecule has 1 aliphatic heterocycles. The summed E-state index contributed by atoms with van der Waals surface area (Å²) in [6.07, 6.45) is 0. The first kappa shape index (κ1) is 18.7. The van der Waals surface area contributed by atoms with Gasteiger partial charge in [0.05, 0.1) is 0 Å². The molecule has 1 unspecified atom stereocenters. The quantitative estimate of drug-likeness (QED) is 0.605. The lowest BCUT2D eigenvalue weighted by Crippen LogP contribution is -2.53. The summed E-state index contributed by atoms with van der Waals surface area (Å²) in [6, 6.07) is 13.3. The summed E-state index contributed by atoms with van der Waals surface area (Å²) in [4.78, 5) is 9.35. The molecule has 1 saturated heterocycles. The first-order valence-corrected chi connectivity index (χ1v) is 10.2. The van der Waals surface area contributed by atoms with E-state index < -0.39 is 0 Å². The largest absolute Gasteiger partial charge is 0.369 e. The van der Waals surface area contributed by atoms with E-state index in [1.807, 2.05) is 7.05 Å². The molecule has 1 aromatic heterocycles. The maximum absolute atomic E-state index is 4.33. The van der Waals surface area contributed by atoms with Gasteiger partial charge in [0, 0.05) is 58.0 Å². The maximum Gasteiger partial charge on any atom is 0.191 e. The van der Waals surface area contributed by atoms with Crippen molar-refractivity contribution in [3.8, 4) is 0 Å². The Kier molecular flexibility index (Phi) is 6.91. The monoisotopic (exact) mass is 371 g/mol. The van der Waals surface area contributed by atoms with Gasteiger partial charge < -0.3 is 15.5 Å². The van der Waals surface area contributed by atoms with Gasteiger partial charge in [0.25, 0.3) is 0 Å². The molecular weight excluding hydrogens is 342 g/mol. The highest BCUT2D eigenvalue weighted by molar-refractivity contribution is 7.07. The van der Waals surface area contributed by atoms with E-state index >= 15 is 0 Å². The van der Waals surface area contributed by atoms with Crippen LogP contribution in [-0.2, 0) is 6.54 Å². The van der Waals surface area contributed by atoms with Crippen LogP contribution in [0.3, 0.4) is 0 Å². The van der Waals surface area contributed by atoms with Crippen molar-refractivity contribution in [2.45, 2.75) is 19.5 Å². The number of thiophene rings is 1. The fraction of sp³-hybridized carbons (Fsp3) is 0.450. The molecule has 2 heterocycles. The van der Waals surface area contributed by atoms with E-state index in [2.05, 4.69) is 79.5 Å².